The van der Waals surface area contributed by atoms with Gasteiger partial charge in [-0.1, -0.05) is 54.6 Å². The zero-order valence-electron chi connectivity index (χ0n) is 17.0. The normalized spacial score (nSPS) is 10.6. The van der Waals surface area contributed by atoms with Crippen molar-refractivity contribution in [3.63, 3.8) is 0 Å². The van der Waals surface area contributed by atoms with Crippen LogP contribution in [0.25, 0.3) is 10.6 Å². The second-order valence-electron chi connectivity index (χ2n) is 7.06. The third-order valence-electron chi connectivity index (χ3n) is 4.90. The number of para-hydroxylation sites is 2. The van der Waals surface area contributed by atoms with Gasteiger partial charge in [0.05, 0.1) is 23.5 Å². The number of anilines is 2. The van der Waals surface area contributed by atoms with E-state index in [1.54, 1.807) is 11.3 Å². The monoisotopic (exact) mass is 413 g/mol. The summed E-state index contributed by atoms with van der Waals surface area (Å²) in [5, 5.41) is 7.36. The Balaban J connectivity index is 1.49. The molecule has 0 atom stereocenters. The zero-order valence-corrected chi connectivity index (χ0v) is 17.8. The Morgan fingerprint density at radius 2 is 1.60 bits per heavy atom. The van der Waals surface area contributed by atoms with E-state index in [0.717, 1.165) is 32.5 Å². The number of benzene rings is 3. The van der Waals surface area contributed by atoms with Gasteiger partial charge in [-0.3, -0.25) is 4.79 Å². The molecule has 0 saturated carbocycles. The SMILES string of the molecule is Cc1ccccc1-c1nc(C)c(CNC(=O)c2ccccc2Nc2ccccc2)s1. The van der Waals surface area contributed by atoms with E-state index in [2.05, 4.69) is 29.7 Å². The van der Waals surface area contributed by atoms with E-state index < -0.39 is 0 Å². The van der Waals surface area contributed by atoms with Gasteiger partial charge in [0, 0.05) is 16.1 Å². The smallest absolute Gasteiger partial charge is 0.253 e. The molecule has 4 nitrogen and oxygen atoms in total. The molecule has 1 aromatic heterocycles. The molecule has 0 aliphatic carbocycles. The van der Waals surface area contributed by atoms with E-state index in [-0.39, 0.29) is 5.91 Å². The van der Waals surface area contributed by atoms with Crippen molar-refractivity contribution < 1.29 is 4.79 Å². The van der Waals surface area contributed by atoms with Gasteiger partial charge in [-0.15, -0.1) is 11.3 Å². The molecule has 0 saturated heterocycles. The van der Waals surface area contributed by atoms with Crippen molar-refractivity contribution >= 4 is 28.6 Å². The van der Waals surface area contributed by atoms with E-state index in [9.17, 15) is 4.79 Å². The van der Waals surface area contributed by atoms with Gasteiger partial charge in [0.1, 0.15) is 5.01 Å². The number of amides is 1. The molecule has 4 rings (SSSR count). The van der Waals surface area contributed by atoms with Crippen LogP contribution in [-0.4, -0.2) is 10.9 Å². The van der Waals surface area contributed by atoms with Gasteiger partial charge in [0.2, 0.25) is 0 Å². The van der Waals surface area contributed by atoms with Crippen LogP contribution in [0.3, 0.4) is 0 Å². The number of carbonyl (C=O) groups excluding carboxylic acids is 1. The first-order chi connectivity index (χ1) is 14.6. The van der Waals surface area contributed by atoms with Gasteiger partial charge in [0.25, 0.3) is 5.91 Å². The number of aromatic nitrogens is 1. The summed E-state index contributed by atoms with van der Waals surface area (Å²) in [6.45, 7) is 4.53. The zero-order chi connectivity index (χ0) is 20.9. The standard InChI is InChI=1S/C25H23N3OS/c1-17-10-6-7-13-20(17)25-27-18(2)23(30-25)16-26-24(29)21-14-8-9-15-22(21)28-19-11-4-3-5-12-19/h3-15,28H,16H2,1-2H3,(H,26,29). The van der Waals surface area contributed by atoms with Crippen molar-refractivity contribution in [3.05, 3.63) is 101 Å². The maximum Gasteiger partial charge on any atom is 0.253 e. The number of aryl methyl sites for hydroxylation is 2. The van der Waals surface area contributed by atoms with Gasteiger partial charge >= 0.3 is 0 Å². The highest BCUT2D eigenvalue weighted by Gasteiger charge is 2.14. The van der Waals surface area contributed by atoms with Crippen molar-refractivity contribution in [2.75, 3.05) is 5.32 Å². The second-order valence-corrected chi connectivity index (χ2v) is 8.15. The van der Waals surface area contributed by atoms with Crippen molar-refractivity contribution in [2.45, 2.75) is 20.4 Å². The van der Waals surface area contributed by atoms with Crippen LogP contribution in [0.4, 0.5) is 11.4 Å². The third kappa shape index (κ3) is 4.42. The summed E-state index contributed by atoms with van der Waals surface area (Å²) in [5.74, 6) is -0.112. The van der Waals surface area contributed by atoms with Crippen LogP contribution in [0, 0.1) is 13.8 Å². The van der Waals surface area contributed by atoms with Crippen LogP contribution in [0.1, 0.15) is 26.5 Å². The first-order valence-electron chi connectivity index (χ1n) is 9.83. The summed E-state index contributed by atoms with van der Waals surface area (Å²) in [6.07, 6.45) is 0. The number of carbonyl (C=O) groups is 1. The van der Waals surface area contributed by atoms with Crippen LogP contribution in [0.5, 0.6) is 0 Å². The van der Waals surface area contributed by atoms with Gasteiger partial charge in [-0.25, -0.2) is 4.98 Å². The minimum atomic E-state index is -0.112. The Morgan fingerprint density at radius 1 is 0.900 bits per heavy atom. The molecule has 0 bridgehead atoms. The molecule has 1 amide bonds. The summed E-state index contributed by atoms with van der Waals surface area (Å²) in [7, 11) is 0. The molecular formula is C25H23N3OS. The molecule has 0 fully saturated rings. The van der Waals surface area contributed by atoms with E-state index in [1.165, 1.54) is 5.56 Å². The Hall–Kier alpha value is -3.44. The number of rotatable bonds is 6. The lowest BCUT2D eigenvalue weighted by molar-refractivity contribution is 0.0952. The van der Waals surface area contributed by atoms with E-state index in [4.69, 9.17) is 4.98 Å². The minimum Gasteiger partial charge on any atom is -0.355 e. The van der Waals surface area contributed by atoms with Crippen LogP contribution < -0.4 is 10.6 Å². The van der Waals surface area contributed by atoms with Crippen LogP contribution in [0.15, 0.2) is 78.9 Å². The lowest BCUT2D eigenvalue weighted by Gasteiger charge is -2.12. The molecule has 0 aliphatic heterocycles. The minimum absolute atomic E-state index is 0.112. The molecule has 0 aliphatic rings. The summed E-state index contributed by atoms with van der Waals surface area (Å²) >= 11 is 1.63. The van der Waals surface area contributed by atoms with E-state index in [0.29, 0.717) is 12.1 Å². The Labute approximate surface area is 180 Å². The van der Waals surface area contributed by atoms with Crippen molar-refractivity contribution in [3.8, 4) is 10.6 Å². The largest absolute Gasteiger partial charge is 0.355 e. The summed E-state index contributed by atoms with van der Waals surface area (Å²) in [4.78, 5) is 18.7. The van der Waals surface area contributed by atoms with Gasteiger partial charge in [0.15, 0.2) is 0 Å². The van der Waals surface area contributed by atoms with Crippen molar-refractivity contribution in [2.24, 2.45) is 0 Å². The average molecular weight is 414 g/mol. The first kappa shape index (κ1) is 19.9. The van der Waals surface area contributed by atoms with Crippen LogP contribution >= 0.6 is 11.3 Å². The molecular weight excluding hydrogens is 390 g/mol. The highest BCUT2D eigenvalue weighted by atomic mass is 32.1. The molecule has 5 heteroatoms. The Kier molecular flexibility index (Phi) is 5.91. The number of thiazole rings is 1. The highest BCUT2D eigenvalue weighted by molar-refractivity contribution is 7.15. The Bertz CT molecular complexity index is 1170. The average Bonchev–Trinajstić information content (AvgIpc) is 3.14. The van der Waals surface area contributed by atoms with Gasteiger partial charge in [-0.2, -0.15) is 0 Å². The molecule has 0 spiro atoms. The molecule has 0 radical (unpaired) electrons. The van der Waals surface area contributed by atoms with Crippen molar-refractivity contribution in [1.82, 2.24) is 10.3 Å². The van der Waals surface area contributed by atoms with Crippen LogP contribution in [-0.2, 0) is 6.54 Å². The fourth-order valence-corrected chi connectivity index (χ4v) is 4.34. The van der Waals surface area contributed by atoms with Crippen LogP contribution in [0.2, 0.25) is 0 Å². The fourth-order valence-electron chi connectivity index (χ4n) is 3.24. The molecule has 4 aromatic rings. The molecule has 30 heavy (non-hydrogen) atoms. The molecule has 0 unspecified atom stereocenters. The maximum absolute atomic E-state index is 12.9. The second kappa shape index (κ2) is 8.93. The predicted molar refractivity (Wildman–Crippen MR) is 124 cm³/mol. The van der Waals surface area contributed by atoms with Crippen molar-refractivity contribution in [1.29, 1.82) is 0 Å². The number of nitrogens with one attached hydrogen (secondary N) is 2. The lowest BCUT2D eigenvalue weighted by atomic mass is 10.1. The van der Waals surface area contributed by atoms with E-state index in [1.807, 2.05) is 73.7 Å². The maximum atomic E-state index is 12.9. The first-order valence-corrected chi connectivity index (χ1v) is 10.6. The molecule has 1 heterocycles. The molecule has 2 N–H and O–H groups in total. The van der Waals surface area contributed by atoms with Gasteiger partial charge in [-0.05, 0) is 43.7 Å². The quantitative estimate of drug-likeness (QED) is 0.401. The fraction of sp³-hybridized carbons (Fsp3) is 0.120. The summed E-state index contributed by atoms with van der Waals surface area (Å²) in [6, 6.07) is 25.6. The predicted octanol–water partition coefficient (Wildman–Crippen LogP) is 6.10. The highest BCUT2D eigenvalue weighted by Crippen LogP contribution is 2.30. The number of hydrogen-bond donors (Lipinski definition) is 2. The van der Waals surface area contributed by atoms with Gasteiger partial charge < -0.3 is 10.6 Å². The number of nitrogens with zero attached hydrogens (tertiary/aromatic N) is 1. The number of hydrogen-bond acceptors (Lipinski definition) is 4. The topological polar surface area (TPSA) is 54.0 Å². The molecule has 150 valence electrons. The third-order valence-corrected chi connectivity index (χ3v) is 6.09. The summed E-state index contributed by atoms with van der Waals surface area (Å²) < 4.78 is 0. The lowest BCUT2D eigenvalue weighted by Crippen LogP contribution is -2.23. The van der Waals surface area contributed by atoms with E-state index >= 15 is 0 Å². The Morgan fingerprint density at radius 3 is 2.40 bits per heavy atom. The molecule has 3 aromatic carbocycles. The summed E-state index contributed by atoms with van der Waals surface area (Å²) in [5.41, 5.74) is 5.63.